The monoisotopic (exact) mass is 781 g/mol. The number of benzene rings is 1. The summed E-state index contributed by atoms with van der Waals surface area (Å²) in [5.41, 5.74) is 5.69. The van der Waals surface area contributed by atoms with Crippen LogP contribution in [0.15, 0.2) is 33.9 Å². The standard InChI is InChI=1S/C32H40ClN7O10S2/c1-5-10-39(27(44)17-7-8-19(41)25(42)21(17)33)15(3)9-11-38(4)12-16-13-51-29-23(28(45)40(29)24(16)31(48)49)36-26(43)22(18-14-52-32(34)35-18)37-50-20(6-2)30(46)47/h7-8,14-15,20,23,29,41-42H,5-6,9-13H2,1-4H3,(H2,34,35)(H,36,43)(H,46,47)(H,48,49)/b37-22-/t15-,20+,23-,29-/m1/s1. The number of aromatic hydroxyl groups is 2. The number of hydrogen-bond acceptors (Lipinski definition) is 14. The first-order valence-corrected chi connectivity index (χ1v) is 18.5. The van der Waals surface area contributed by atoms with Crippen LogP contribution in [0.2, 0.25) is 5.02 Å². The highest BCUT2D eigenvalue weighted by atomic mass is 35.5. The molecule has 2 aliphatic rings. The van der Waals surface area contributed by atoms with Crippen LogP contribution in [0.4, 0.5) is 5.13 Å². The minimum Gasteiger partial charge on any atom is -0.504 e. The van der Waals surface area contributed by atoms with Gasteiger partial charge in [-0.2, -0.15) is 0 Å². The summed E-state index contributed by atoms with van der Waals surface area (Å²) < 4.78 is 0. The number of amides is 3. The van der Waals surface area contributed by atoms with Crippen molar-refractivity contribution in [1.82, 2.24) is 25.0 Å². The number of phenolic OH excluding ortho intramolecular Hbond substituents is 2. The van der Waals surface area contributed by atoms with Crippen molar-refractivity contribution >= 4 is 75.2 Å². The van der Waals surface area contributed by atoms with Crippen LogP contribution in [0.25, 0.3) is 0 Å². The molecule has 4 rings (SSSR count). The number of hydrogen-bond donors (Lipinski definition) is 6. The van der Waals surface area contributed by atoms with Crippen molar-refractivity contribution < 1.29 is 49.2 Å². The number of likely N-dealkylation sites (N-methyl/N-ethyl adjacent to an activating group) is 1. The Morgan fingerprint density at radius 3 is 2.52 bits per heavy atom. The Labute approximate surface area is 312 Å². The number of fused-ring (bicyclic) bond motifs is 1. The predicted octanol–water partition coefficient (Wildman–Crippen LogP) is 2.38. The summed E-state index contributed by atoms with van der Waals surface area (Å²) in [7, 11) is 1.79. The molecule has 0 bridgehead atoms. The van der Waals surface area contributed by atoms with Crippen LogP contribution in [-0.2, 0) is 24.0 Å². The number of aromatic nitrogens is 1. The van der Waals surface area contributed by atoms with Crippen LogP contribution >= 0.6 is 34.7 Å². The molecule has 1 saturated heterocycles. The average Bonchev–Trinajstić information content (AvgIpc) is 3.53. The molecule has 1 aromatic carbocycles. The molecule has 3 heterocycles. The molecule has 0 unspecified atom stereocenters. The number of thioether (sulfide) groups is 1. The Bertz CT molecular complexity index is 1790. The number of nitrogens with two attached hydrogens (primary N) is 1. The molecule has 282 valence electrons. The van der Waals surface area contributed by atoms with Crippen LogP contribution in [0.5, 0.6) is 11.5 Å². The molecule has 0 saturated carbocycles. The maximum absolute atomic E-state index is 13.4. The fourth-order valence-electron chi connectivity index (χ4n) is 5.63. The lowest BCUT2D eigenvalue weighted by Gasteiger charge is -2.49. The number of carboxylic acid groups (broad SMARTS) is 2. The van der Waals surface area contributed by atoms with Gasteiger partial charge >= 0.3 is 11.9 Å². The highest BCUT2D eigenvalue weighted by Crippen LogP contribution is 2.41. The number of anilines is 1. The fourth-order valence-corrected chi connectivity index (χ4v) is 7.75. The topological polar surface area (TPSA) is 249 Å². The van der Waals surface area contributed by atoms with Gasteiger partial charge in [0.1, 0.15) is 22.8 Å². The number of carboxylic acids is 2. The number of oxime groups is 1. The SMILES string of the molecule is CCCN(C(=O)c1ccc(O)c(O)c1Cl)[C@H](C)CCN(C)CC1=C(C(=O)O)N2C(=O)[C@@H](NC(=O)/C(=N\O[C@@H](CC)C(=O)O)c3csc(N)n3)[C@H]2SC1. The van der Waals surface area contributed by atoms with Crippen molar-refractivity contribution in [3.63, 3.8) is 0 Å². The largest absolute Gasteiger partial charge is 0.504 e. The van der Waals surface area contributed by atoms with Crippen molar-refractivity contribution in [3.8, 4) is 11.5 Å². The maximum Gasteiger partial charge on any atom is 0.352 e. The predicted molar refractivity (Wildman–Crippen MR) is 193 cm³/mol. The number of β-lactam (4-membered cyclic amide) rings is 1. The normalized spacial score (nSPS) is 18.4. The molecular weight excluding hydrogens is 742 g/mol. The molecule has 3 amide bonds. The zero-order chi connectivity index (χ0) is 38.4. The van der Waals surface area contributed by atoms with Crippen LogP contribution in [0.1, 0.15) is 56.1 Å². The van der Waals surface area contributed by atoms with Gasteiger partial charge in [0.2, 0.25) is 6.10 Å². The lowest BCUT2D eigenvalue weighted by atomic mass is 10.0. The molecule has 0 aliphatic carbocycles. The summed E-state index contributed by atoms with van der Waals surface area (Å²) in [4.78, 5) is 77.8. The van der Waals surface area contributed by atoms with Crippen molar-refractivity contribution in [2.45, 2.75) is 63.6 Å². The average molecular weight is 782 g/mol. The second-order valence-corrected chi connectivity index (χ2v) is 14.5. The molecule has 2 aliphatic heterocycles. The number of aliphatic carboxylic acids is 2. The molecule has 4 atom stereocenters. The van der Waals surface area contributed by atoms with Crippen LogP contribution in [0, 0.1) is 0 Å². The third-order valence-electron chi connectivity index (χ3n) is 8.41. The van der Waals surface area contributed by atoms with Gasteiger partial charge in [-0.1, -0.05) is 30.6 Å². The second kappa shape index (κ2) is 17.3. The van der Waals surface area contributed by atoms with E-state index in [-0.39, 0.29) is 51.9 Å². The summed E-state index contributed by atoms with van der Waals surface area (Å²) >= 11 is 8.45. The number of phenols is 2. The van der Waals surface area contributed by atoms with Gasteiger partial charge in [-0.05, 0) is 50.9 Å². The molecule has 20 heteroatoms. The first-order chi connectivity index (χ1) is 24.6. The van der Waals surface area contributed by atoms with Gasteiger partial charge in [0, 0.05) is 36.8 Å². The molecule has 1 aromatic heterocycles. The summed E-state index contributed by atoms with van der Waals surface area (Å²) in [6.45, 7) is 6.40. The van der Waals surface area contributed by atoms with Gasteiger partial charge in [0.05, 0.1) is 10.6 Å². The van der Waals surface area contributed by atoms with Crippen LogP contribution in [0.3, 0.4) is 0 Å². The number of carbonyl (C=O) groups is 5. The van der Waals surface area contributed by atoms with Crippen molar-refractivity contribution in [1.29, 1.82) is 0 Å². The number of nitrogens with zero attached hydrogens (tertiary/aromatic N) is 5. The highest BCUT2D eigenvalue weighted by Gasteiger charge is 2.54. The number of nitrogens with one attached hydrogen (secondary N) is 1. The van der Waals surface area contributed by atoms with Crippen LogP contribution in [-0.4, -0.2) is 131 Å². The van der Waals surface area contributed by atoms with Crippen molar-refractivity contribution in [3.05, 3.63) is 45.1 Å². The van der Waals surface area contributed by atoms with E-state index in [2.05, 4.69) is 15.5 Å². The van der Waals surface area contributed by atoms with Crippen LogP contribution < -0.4 is 11.1 Å². The Balaban J connectivity index is 1.43. The molecule has 0 radical (unpaired) electrons. The molecule has 7 N–H and O–H groups in total. The number of halogens is 1. The number of rotatable bonds is 17. The molecule has 17 nitrogen and oxygen atoms in total. The Morgan fingerprint density at radius 2 is 1.92 bits per heavy atom. The summed E-state index contributed by atoms with van der Waals surface area (Å²) in [5.74, 6) is -5.31. The molecule has 1 fully saturated rings. The van der Waals surface area contributed by atoms with E-state index < -0.39 is 64.4 Å². The summed E-state index contributed by atoms with van der Waals surface area (Å²) in [5, 5.41) is 46.1. The minimum atomic E-state index is -1.34. The molecule has 0 spiro atoms. The molecule has 52 heavy (non-hydrogen) atoms. The van der Waals surface area contributed by atoms with E-state index in [4.69, 9.17) is 22.2 Å². The van der Waals surface area contributed by atoms with E-state index in [1.54, 1.807) is 18.9 Å². The van der Waals surface area contributed by atoms with Gasteiger partial charge in [0.25, 0.3) is 17.7 Å². The zero-order valence-corrected chi connectivity index (χ0v) is 31.1. The maximum atomic E-state index is 13.4. The van der Waals surface area contributed by atoms with Crippen molar-refractivity contribution in [2.24, 2.45) is 5.16 Å². The minimum absolute atomic E-state index is 0.0107. The number of carbonyl (C=O) groups excluding carboxylic acids is 3. The lowest BCUT2D eigenvalue weighted by Crippen LogP contribution is -2.71. The van der Waals surface area contributed by atoms with E-state index in [9.17, 15) is 44.4 Å². The summed E-state index contributed by atoms with van der Waals surface area (Å²) in [6.07, 6.45) is -0.135. The number of nitrogen functional groups attached to an aromatic ring is 1. The van der Waals surface area contributed by atoms with E-state index >= 15 is 0 Å². The number of thiazole rings is 1. The Hall–Kier alpha value is -4.59. The van der Waals surface area contributed by atoms with Gasteiger partial charge in [0.15, 0.2) is 22.3 Å². The van der Waals surface area contributed by atoms with Gasteiger partial charge in [-0.25, -0.2) is 14.6 Å². The van der Waals surface area contributed by atoms with E-state index in [0.29, 0.717) is 31.5 Å². The zero-order valence-electron chi connectivity index (χ0n) is 28.7. The lowest BCUT2D eigenvalue weighted by molar-refractivity contribution is -0.151. The van der Waals surface area contributed by atoms with E-state index in [1.165, 1.54) is 29.3 Å². The third kappa shape index (κ3) is 8.71. The summed E-state index contributed by atoms with van der Waals surface area (Å²) in [6, 6.07) is 1.16. The highest BCUT2D eigenvalue weighted by molar-refractivity contribution is 8.00. The third-order valence-corrected chi connectivity index (χ3v) is 10.8. The smallest absolute Gasteiger partial charge is 0.352 e. The Morgan fingerprint density at radius 1 is 1.21 bits per heavy atom. The van der Waals surface area contributed by atoms with E-state index in [1.807, 2.05) is 18.7 Å². The first-order valence-electron chi connectivity index (χ1n) is 16.2. The van der Waals surface area contributed by atoms with Gasteiger partial charge < -0.3 is 46.1 Å². The van der Waals surface area contributed by atoms with E-state index in [0.717, 1.165) is 16.2 Å². The van der Waals surface area contributed by atoms with Crippen molar-refractivity contribution in [2.75, 3.05) is 38.2 Å². The fraction of sp³-hybridized carbons (Fsp3) is 0.469. The Kier molecular flexibility index (Phi) is 13.4. The molecular formula is C32H40ClN7O10S2. The van der Waals surface area contributed by atoms with Gasteiger partial charge in [-0.3, -0.25) is 19.3 Å². The second-order valence-electron chi connectivity index (χ2n) is 12.1. The quantitative estimate of drug-likeness (QED) is 0.0584. The van der Waals surface area contributed by atoms with Gasteiger partial charge in [-0.15, -0.1) is 23.1 Å². The first kappa shape index (κ1) is 40.2. The molecule has 2 aromatic rings.